The lowest BCUT2D eigenvalue weighted by atomic mass is 10.1. The third kappa shape index (κ3) is 5.62. The molecule has 0 saturated carbocycles. The predicted octanol–water partition coefficient (Wildman–Crippen LogP) is 3.71. The van der Waals surface area contributed by atoms with Crippen molar-refractivity contribution in [2.75, 3.05) is 13.7 Å². The average Bonchev–Trinajstić information content (AvgIpc) is 3.07. The molecule has 0 radical (unpaired) electrons. The zero-order chi connectivity index (χ0) is 23.4. The van der Waals surface area contributed by atoms with Gasteiger partial charge in [-0.2, -0.15) is 0 Å². The molecule has 8 heteroatoms. The van der Waals surface area contributed by atoms with E-state index in [2.05, 4.69) is 5.32 Å². The number of nitrogens with zero attached hydrogens (tertiary/aromatic N) is 2. The SMILES string of the molecule is COc1ccc(CNCc2ccc(OCC(O)c3ccc4c(c3)n(C)c(=O)n4C)cc2)cc1.Cl. The predicted molar refractivity (Wildman–Crippen MR) is 136 cm³/mol. The molecule has 0 fully saturated rings. The highest BCUT2D eigenvalue weighted by Crippen LogP contribution is 2.21. The number of imidazole rings is 1. The Kier molecular flexibility index (Phi) is 8.39. The van der Waals surface area contributed by atoms with Crippen LogP contribution in [0.25, 0.3) is 11.0 Å². The number of halogens is 1. The molecule has 0 aliphatic rings. The van der Waals surface area contributed by atoms with Crippen LogP contribution in [0.3, 0.4) is 0 Å². The molecule has 3 aromatic carbocycles. The largest absolute Gasteiger partial charge is 0.497 e. The molecule has 1 unspecified atom stereocenters. The maximum absolute atomic E-state index is 12.1. The van der Waals surface area contributed by atoms with Gasteiger partial charge in [-0.15, -0.1) is 12.4 Å². The summed E-state index contributed by atoms with van der Waals surface area (Å²) in [5, 5.41) is 14.0. The Labute approximate surface area is 205 Å². The Morgan fingerprint density at radius 3 is 2.00 bits per heavy atom. The Morgan fingerprint density at radius 1 is 0.853 bits per heavy atom. The molecular formula is C26H30ClN3O4. The summed E-state index contributed by atoms with van der Waals surface area (Å²) in [6.07, 6.45) is -0.796. The van der Waals surface area contributed by atoms with Crippen molar-refractivity contribution in [2.45, 2.75) is 19.2 Å². The fourth-order valence-electron chi connectivity index (χ4n) is 3.80. The van der Waals surface area contributed by atoms with E-state index in [4.69, 9.17) is 9.47 Å². The minimum Gasteiger partial charge on any atom is -0.497 e. The first kappa shape index (κ1) is 25.4. The van der Waals surface area contributed by atoms with Crippen LogP contribution in [-0.4, -0.2) is 28.0 Å². The Bertz CT molecular complexity index is 1280. The second kappa shape index (κ2) is 11.2. The number of rotatable bonds is 9. The van der Waals surface area contributed by atoms with Gasteiger partial charge in [0.15, 0.2) is 0 Å². The molecule has 0 saturated heterocycles. The molecule has 4 aromatic rings. The van der Waals surface area contributed by atoms with Crippen molar-refractivity contribution >= 4 is 23.4 Å². The second-order valence-electron chi connectivity index (χ2n) is 8.07. The van der Waals surface area contributed by atoms with E-state index in [-0.39, 0.29) is 24.7 Å². The zero-order valence-electron chi connectivity index (χ0n) is 19.5. The van der Waals surface area contributed by atoms with E-state index in [0.29, 0.717) is 11.3 Å². The maximum Gasteiger partial charge on any atom is 0.328 e. The number of aliphatic hydroxyl groups excluding tert-OH is 1. The fraction of sp³-hybridized carbons (Fsp3) is 0.269. The third-order valence-corrected chi connectivity index (χ3v) is 5.83. The van der Waals surface area contributed by atoms with Crippen molar-refractivity contribution in [3.05, 3.63) is 93.9 Å². The number of methoxy groups -OCH3 is 1. The number of fused-ring (bicyclic) bond motifs is 1. The van der Waals surface area contributed by atoms with Gasteiger partial charge in [-0.25, -0.2) is 4.79 Å². The van der Waals surface area contributed by atoms with E-state index in [1.165, 1.54) is 5.56 Å². The van der Waals surface area contributed by atoms with Gasteiger partial charge in [0.25, 0.3) is 0 Å². The molecule has 4 rings (SSSR count). The molecule has 1 heterocycles. The number of aliphatic hydroxyl groups is 1. The molecule has 0 spiro atoms. The monoisotopic (exact) mass is 483 g/mol. The van der Waals surface area contributed by atoms with Crippen LogP contribution >= 0.6 is 12.4 Å². The van der Waals surface area contributed by atoms with E-state index < -0.39 is 6.10 Å². The summed E-state index contributed by atoms with van der Waals surface area (Å²) in [6.45, 7) is 1.64. The van der Waals surface area contributed by atoms with Crippen LogP contribution < -0.4 is 20.5 Å². The van der Waals surface area contributed by atoms with E-state index in [0.717, 1.165) is 35.4 Å². The smallest absolute Gasteiger partial charge is 0.328 e. The quantitative estimate of drug-likeness (QED) is 0.379. The molecule has 0 bridgehead atoms. The first-order valence-electron chi connectivity index (χ1n) is 10.8. The Balaban J connectivity index is 0.00000324. The summed E-state index contributed by atoms with van der Waals surface area (Å²) >= 11 is 0. The lowest BCUT2D eigenvalue weighted by Gasteiger charge is -2.14. The summed E-state index contributed by atoms with van der Waals surface area (Å²) in [6, 6.07) is 21.3. The van der Waals surface area contributed by atoms with Crippen LogP contribution in [0.1, 0.15) is 22.8 Å². The Morgan fingerprint density at radius 2 is 1.41 bits per heavy atom. The van der Waals surface area contributed by atoms with Crippen molar-refractivity contribution in [3.63, 3.8) is 0 Å². The minimum atomic E-state index is -0.796. The topological polar surface area (TPSA) is 77.7 Å². The molecule has 180 valence electrons. The van der Waals surface area contributed by atoms with Gasteiger partial charge in [0.1, 0.15) is 24.2 Å². The molecule has 1 aromatic heterocycles. The van der Waals surface area contributed by atoms with Gasteiger partial charge in [-0.3, -0.25) is 9.13 Å². The summed E-state index contributed by atoms with van der Waals surface area (Å²) in [5.74, 6) is 1.55. The molecule has 0 aliphatic carbocycles. The van der Waals surface area contributed by atoms with Gasteiger partial charge in [-0.1, -0.05) is 30.3 Å². The Hall–Kier alpha value is -3.26. The van der Waals surface area contributed by atoms with E-state index in [9.17, 15) is 9.90 Å². The summed E-state index contributed by atoms with van der Waals surface area (Å²) in [7, 11) is 5.13. The summed E-state index contributed by atoms with van der Waals surface area (Å²) in [5.41, 5.74) is 4.57. The number of nitrogens with one attached hydrogen (secondary N) is 1. The summed E-state index contributed by atoms with van der Waals surface area (Å²) < 4.78 is 14.1. The van der Waals surface area contributed by atoms with Crippen LogP contribution in [0.5, 0.6) is 11.5 Å². The van der Waals surface area contributed by atoms with Crippen molar-refractivity contribution < 1.29 is 14.6 Å². The van der Waals surface area contributed by atoms with Crippen LogP contribution in [0.2, 0.25) is 0 Å². The van der Waals surface area contributed by atoms with Gasteiger partial charge >= 0.3 is 5.69 Å². The molecule has 1 atom stereocenters. The van der Waals surface area contributed by atoms with Crippen LogP contribution in [0, 0.1) is 0 Å². The van der Waals surface area contributed by atoms with E-state index in [1.54, 1.807) is 30.3 Å². The maximum atomic E-state index is 12.1. The van der Waals surface area contributed by atoms with Crippen molar-refractivity contribution in [1.82, 2.24) is 14.5 Å². The first-order chi connectivity index (χ1) is 16.0. The molecule has 0 amide bonds. The summed E-state index contributed by atoms with van der Waals surface area (Å²) in [4.78, 5) is 12.1. The standard InChI is InChI=1S/C26H29N3O4.ClH/c1-28-23-13-8-20(14-24(23)29(2)26(28)31)25(30)17-33-22-11-6-19(7-12-22)16-27-15-18-4-9-21(32-3)10-5-18;/h4-14,25,27,30H,15-17H2,1-3H3;1H. The van der Waals surface area contributed by atoms with E-state index in [1.807, 2.05) is 66.7 Å². The van der Waals surface area contributed by atoms with Crippen molar-refractivity contribution in [1.29, 1.82) is 0 Å². The van der Waals surface area contributed by atoms with E-state index >= 15 is 0 Å². The lowest BCUT2D eigenvalue weighted by Crippen LogP contribution is -2.19. The van der Waals surface area contributed by atoms with Gasteiger partial charge in [-0.05, 0) is 53.1 Å². The van der Waals surface area contributed by atoms with Crippen molar-refractivity contribution in [3.8, 4) is 11.5 Å². The minimum absolute atomic E-state index is 0. The molecule has 2 N–H and O–H groups in total. The highest BCUT2D eigenvalue weighted by atomic mass is 35.5. The first-order valence-corrected chi connectivity index (χ1v) is 10.8. The number of hydrogen-bond acceptors (Lipinski definition) is 5. The fourth-order valence-corrected chi connectivity index (χ4v) is 3.80. The second-order valence-corrected chi connectivity index (χ2v) is 8.07. The number of ether oxygens (including phenoxy) is 2. The van der Waals surface area contributed by atoms with Crippen molar-refractivity contribution in [2.24, 2.45) is 14.1 Å². The highest BCUT2D eigenvalue weighted by Gasteiger charge is 2.13. The number of hydrogen-bond donors (Lipinski definition) is 2. The van der Waals surface area contributed by atoms with Crippen LogP contribution in [0.4, 0.5) is 0 Å². The van der Waals surface area contributed by atoms with Crippen LogP contribution in [0.15, 0.2) is 71.5 Å². The average molecular weight is 484 g/mol. The van der Waals surface area contributed by atoms with Gasteiger partial charge < -0.3 is 19.9 Å². The molecular weight excluding hydrogens is 454 g/mol. The lowest BCUT2D eigenvalue weighted by molar-refractivity contribution is 0.108. The normalized spacial score (nSPS) is 11.8. The van der Waals surface area contributed by atoms with Crippen LogP contribution in [-0.2, 0) is 27.2 Å². The highest BCUT2D eigenvalue weighted by molar-refractivity contribution is 5.85. The molecule has 7 nitrogen and oxygen atoms in total. The zero-order valence-corrected chi connectivity index (χ0v) is 20.3. The van der Waals surface area contributed by atoms with Gasteiger partial charge in [0.05, 0.1) is 18.1 Å². The number of aryl methyl sites for hydroxylation is 2. The third-order valence-electron chi connectivity index (χ3n) is 5.83. The molecule has 0 aliphatic heterocycles. The van der Waals surface area contributed by atoms with Gasteiger partial charge in [0, 0.05) is 27.2 Å². The molecule has 34 heavy (non-hydrogen) atoms. The number of benzene rings is 3. The number of aromatic nitrogens is 2. The van der Waals surface area contributed by atoms with Gasteiger partial charge in [0.2, 0.25) is 0 Å².